The number of amides is 1. The van der Waals surface area contributed by atoms with Crippen LogP contribution in [0.25, 0.3) is 0 Å². The molecule has 1 heterocycles. The van der Waals surface area contributed by atoms with Crippen LogP contribution in [0.15, 0.2) is 29.8 Å². The molecule has 3 heteroatoms. The third kappa shape index (κ3) is 3.03. The number of rotatable bonds is 1. The van der Waals surface area contributed by atoms with Crippen LogP contribution in [0.1, 0.15) is 43.1 Å². The minimum absolute atomic E-state index is 0.0824. The fourth-order valence-corrected chi connectivity index (χ4v) is 2.58. The van der Waals surface area contributed by atoms with E-state index in [-0.39, 0.29) is 11.3 Å². The molecule has 0 bridgehead atoms. The minimum atomic E-state index is 0.0824. The number of aryl methyl sites for hydroxylation is 1. The van der Waals surface area contributed by atoms with Gasteiger partial charge in [-0.25, -0.2) is 0 Å². The molecule has 0 spiro atoms. The van der Waals surface area contributed by atoms with Crippen molar-refractivity contribution >= 4 is 11.6 Å². The van der Waals surface area contributed by atoms with Crippen LogP contribution in [0.4, 0.5) is 5.69 Å². The van der Waals surface area contributed by atoms with Crippen LogP contribution < -0.4 is 5.73 Å². The number of carbonyl (C=O) groups is 1. The standard InChI is InChI=1S/C17H24N2O/c1-12-5-6-14(18)11-15(12)16(20)19-9-7-13(8-10-19)17(2,3)4/h5-7,11H,8-10,18H2,1-4H3. The average Bonchev–Trinajstić information content (AvgIpc) is 2.40. The van der Waals surface area contributed by atoms with Gasteiger partial charge in [-0.15, -0.1) is 0 Å². The third-order valence-corrected chi connectivity index (χ3v) is 3.95. The zero-order chi connectivity index (χ0) is 14.9. The molecule has 0 fully saturated rings. The molecule has 2 N–H and O–H groups in total. The quantitative estimate of drug-likeness (QED) is 0.629. The van der Waals surface area contributed by atoms with Gasteiger partial charge in [0, 0.05) is 24.3 Å². The lowest BCUT2D eigenvalue weighted by atomic mass is 9.83. The predicted octanol–water partition coefficient (Wildman–Crippen LogP) is 3.40. The fourth-order valence-electron chi connectivity index (χ4n) is 2.58. The summed E-state index contributed by atoms with van der Waals surface area (Å²) in [5.74, 6) is 0.0824. The summed E-state index contributed by atoms with van der Waals surface area (Å²) in [5, 5.41) is 0. The first-order chi connectivity index (χ1) is 9.29. The molecular formula is C17H24N2O. The van der Waals surface area contributed by atoms with Gasteiger partial charge in [0.1, 0.15) is 0 Å². The molecule has 1 aromatic rings. The van der Waals surface area contributed by atoms with E-state index < -0.39 is 0 Å². The van der Waals surface area contributed by atoms with Gasteiger partial charge >= 0.3 is 0 Å². The lowest BCUT2D eigenvalue weighted by molar-refractivity contribution is 0.0764. The number of carbonyl (C=O) groups excluding carboxylic acids is 1. The molecule has 1 aliphatic heterocycles. The zero-order valence-corrected chi connectivity index (χ0v) is 12.9. The summed E-state index contributed by atoms with van der Waals surface area (Å²) in [6.07, 6.45) is 3.15. The van der Waals surface area contributed by atoms with Crippen LogP contribution in [0.2, 0.25) is 0 Å². The highest BCUT2D eigenvalue weighted by atomic mass is 16.2. The SMILES string of the molecule is Cc1ccc(N)cc1C(=O)N1CC=C(C(C)(C)C)CC1. The highest BCUT2D eigenvalue weighted by molar-refractivity contribution is 5.96. The van der Waals surface area contributed by atoms with Crippen molar-refractivity contribution in [3.05, 3.63) is 41.0 Å². The van der Waals surface area contributed by atoms with E-state index in [1.807, 2.05) is 24.0 Å². The molecule has 0 atom stereocenters. The van der Waals surface area contributed by atoms with Gasteiger partial charge in [0.2, 0.25) is 0 Å². The molecule has 1 amide bonds. The lowest BCUT2D eigenvalue weighted by Gasteiger charge is -2.32. The maximum Gasteiger partial charge on any atom is 0.254 e. The van der Waals surface area contributed by atoms with E-state index in [4.69, 9.17) is 5.73 Å². The first-order valence-corrected chi connectivity index (χ1v) is 7.14. The van der Waals surface area contributed by atoms with Gasteiger partial charge in [-0.3, -0.25) is 4.79 Å². The predicted molar refractivity (Wildman–Crippen MR) is 83.6 cm³/mol. The molecule has 0 saturated carbocycles. The molecule has 1 aliphatic rings. The maximum atomic E-state index is 12.6. The highest BCUT2D eigenvalue weighted by Gasteiger charge is 2.24. The Morgan fingerprint density at radius 2 is 2.00 bits per heavy atom. The normalized spacial score (nSPS) is 16.0. The summed E-state index contributed by atoms with van der Waals surface area (Å²) in [6.45, 7) is 10.1. The van der Waals surface area contributed by atoms with Crippen LogP contribution in [-0.2, 0) is 0 Å². The summed E-state index contributed by atoms with van der Waals surface area (Å²) in [5.41, 5.74) is 9.77. The van der Waals surface area contributed by atoms with Crippen LogP contribution >= 0.6 is 0 Å². The third-order valence-electron chi connectivity index (χ3n) is 3.95. The Kier molecular flexibility index (Phi) is 3.89. The molecule has 1 aromatic carbocycles. The van der Waals surface area contributed by atoms with E-state index in [9.17, 15) is 4.79 Å². The summed E-state index contributed by atoms with van der Waals surface area (Å²) in [6, 6.07) is 5.52. The summed E-state index contributed by atoms with van der Waals surface area (Å²) < 4.78 is 0. The van der Waals surface area contributed by atoms with Gasteiger partial charge in [0.15, 0.2) is 0 Å². The Labute approximate surface area is 121 Å². The van der Waals surface area contributed by atoms with Gasteiger partial charge in [-0.2, -0.15) is 0 Å². The molecule has 0 aromatic heterocycles. The number of nitrogens with two attached hydrogens (primary N) is 1. The Bertz CT molecular complexity index is 553. The van der Waals surface area contributed by atoms with Crippen molar-refractivity contribution in [1.82, 2.24) is 4.90 Å². The second-order valence-electron chi connectivity index (χ2n) is 6.55. The van der Waals surface area contributed by atoms with Crippen molar-refractivity contribution in [2.75, 3.05) is 18.8 Å². The van der Waals surface area contributed by atoms with Gasteiger partial charge in [0.25, 0.3) is 5.91 Å². The molecule has 0 saturated heterocycles. The number of hydrogen-bond acceptors (Lipinski definition) is 2. The van der Waals surface area contributed by atoms with Crippen molar-refractivity contribution in [2.45, 2.75) is 34.1 Å². The first kappa shape index (κ1) is 14.6. The number of hydrogen-bond donors (Lipinski definition) is 1. The number of nitrogen functional groups attached to an aromatic ring is 1. The zero-order valence-electron chi connectivity index (χ0n) is 12.9. The maximum absolute atomic E-state index is 12.6. The van der Waals surface area contributed by atoms with E-state index in [1.54, 1.807) is 6.07 Å². The largest absolute Gasteiger partial charge is 0.399 e. The Morgan fingerprint density at radius 1 is 1.30 bits per heavy atom. The van der Waals surface area contributed by atoms with Gasteiger partial charge in [-0.05, 0) is 36.5 Å². The monoisotopic (exact) mass is 272 g/mol. The lowest BCUT2D eigenvalue weighted by Crippen LogP contribution is -2.36. The molecule has 0 unspecified atom stereocenters. The smallest absolute Gasteiger partial charge is 0.254 e. The Balaban J connectivity index is 2.17. The molecule has 0 aliphatic carbocycles. The van der Waals surface area contributed by atoms with Crippen LogP contribution in [0.5, 0.6) is 0 Å². The average molecular weight is 272 g/mol. The summed E-state index contributed by atoms with van der Waals surface area (Å²) in [4.78, 5) is 14.5. The number of nitrogens with zero attached hydrogens (tertiary/aromatic N) is 1. The highest BCUT2D eigenvalue weighted by Crippen LogP contribution is 2.30. The molecule has 20 heavy (non-hydrogen) atoms. The Morgan fingerprint density at radius 3 is 2.55 bits per heavy atom. The number of benzene rings is 1. The second-order valence-corrected chi connectivity index (χ2v) is 6.55. The molecular weight excluding hydrogens is 248 g/mol. The van der Waals surface area contributed by atoms with E-state index in [1.165, 1.54) is 5.57 Å². The Hall–Kier alpha value is -1.77. The summed E-state index contributed by atoms with van der Waals surface area (Å²) in [7, 11) is 0. The van der Waals surface area contributed by atoms with Crippen LogP contribution in [0.3, 0.4) is 0 Å². The van der Waals surface area contributed by atoms with E-state index >= 15 is 0 Å². The molecule has 3 nitrogen and oxygen atoms in total. The molecule has 0 radical (unpaired) electrons. The van der Waals surface area contributed by atoms with Crippen molar-refractivity contribution in [3.63, 3.8) is 0 Å². The fraction of sp³-hybridized carbons (Fsp3) is 0.471. The second kappa shape index (κ2) is 5.31. The van der Waals surface area contributed by atoms with Crippen molar-refractivity contribution in [1.29, 1.82) is 0 Å². The van der Waals surface area contributed by atoms with Crippen LogP contribution in [-0.4, -0.2) is 23.9 Å². The van der Waals surface area contributed by atoms with Gasteiger partial charge in [0.05, 0.1) is 0 Å². The topological polar surface area (TPSA) is 46.3 Å². The van der Waals surface area contributed by atoms with Gasteiger partial charge < -0.3 is 10.6 Å². The van der Waals surface area contributed by atoms with Gasteiger partial charge in [-0.1, -0.05) is 38.5 Å². The number of anilines is 1. The first-order valence-electron chi connectivity index (χ1n) is 7.14. The summed E-state index contributed by atoms with van der Waals surface area (Å²) >= 11 is 0. The molecule has 108 valence electrons. The van der Waals surface area contributed by atoms with E-state index in [0.29, 0.717) is 12.2 Å². The van der Waals surface area contributed by atoms with Crippen LogP contribution in [0, 0.1) is 12.3 Å². The molecule has 2 rings (SSSR count). The van der Waals surface area contributed by atoms with Crippen molar-refractivity contribution in [2.24, 2.45) is 5.41 Å². The minimum Gasteiger partial charge on any atom is -0.399 e. The van der Waals surface area contributed by atoms with E-state index in [2.05, 4.69) is 26.8 Å². The van der Waals surface area contributed by atoms with E-state index in [0.717, 1.165) is 24.1 Å². The van der Waals surface area contributed by atoms with Crippen molar-refractivity contribution in [3.8, 4) is 0 Å². The van der Waals surface area contributed by atoms with Crippen molar-refractivity contribution < 1.29 is 4.79 Å².